The molecule has 10 heteroatoms. The van der Waals surface area contributed by atoms with E-state index in [9.17, 15) is 0 Å². The summed E-state index contributed by atoms with van der Waals surface area (Å²) in [6.07, 6.45) is 0. The fourth-order valence-corrected chi connectivity index (χ4v) is 0. The van der Waals surface area contributed by atoms with Gasteiger partial charge in [0.2, 0.25) is 0 Å². The van der Waals surface area contributed by atoms with Crippen LogP contribution >= 0.6 is 11.9 Å². The van der Waals surface area contributed by atoms with E-state index in [0.717, 1.165) is 0 Å². The first kappa shape index (κ1) is 29.6. The molecule has 0 aliphatic rings. The van der Waals surface area contributed by atoms with Crippen LogP contribution in [0.2, 0.25) is 0 Å². The molecule has 0 aromatic rings. The molecule has 0 spiro atoms. The Bertz CT molecular complexity index is 101. The molecule has 0 radical (unpaired) electrons. The maximum atomic E-state index is 8.74. The molecular formula is H9CaClMgO6S. The molecule has 0 atom stereocenters. The van der Waals surface area contributed by atoms with Gasteiger partial charge in [-0.1, -0.05) is 0 Å². The summed E-state index contributed by atoms with van der Waals surface area (Å²) in [7, 11) is -4.67. The minimum absolute atomic E-state index is 0. The Labute approximate surface area is 109 Å². The standard InChI is InChI=1S/Ca.ClHO.Mg.H2O4S.H2O.4H/c;1-2;;1-5(2,3)4;;;;;/h;2H;;(H2,1,2,3,4);1H2;;;;. The first-order valence-corrected chi connectivity index (χ1v) is 2.60. The molecule has 0 fully saturated rings. The molecule has 6 nitrogen and oxygen atoms in total. The summed E-state index contributed by atoms with van der Waals surface area (Å²) in [5.74, 6) is 0. The maximum absolute atomic E-state index is 8.74. The fraction of sp³-hybridized carbons (Fsp3) is 0. The van der Waals surface area contributed by atoms with E-state index in [0.29, 0.717) is 0 Å². The van der Waals surface area contributed by atoms with Crippen LogP contribution < -0.4 is 0 Å². The van der Waals surface area contributed by atoms with E-state index in [4.69, 9.17) is 22.2 Å². The second-order valence-electron chi connectivity index (χ2n) is 0.448. The first-order chi connectivity index (χ1) is 3.00. The van der Waals surface area contributed by atoms with Crippen molar-refractivity contribution in [1.29, 1.82) is 0 Å². The fourth-order valence-electron chi connectivity index (χ4n) is 0. The molecule has 0 aliphatic carbocycles. The van der Waals surface area contributed by atoms with Gasteiger partial charge in [0.25, 0.3) is 0 Å². The van der Waals surface area contributed by atoms with E-state index in [2.05, 4.69) is 11.9 Å². The van der Waals surface area contributed by atoms with Crippen molar-refractivity contribution in [3.63, 3.8) is 0 Å². The number of halogens is 1. The number of hydrogen-bond donors (Lipinski definition) is 3. The summed E-state index contributed by atoms with van der Waals surface area (Å²) >= 11 is 3.64. The Morgan fingerprint density at radius 3 is 1.10 bits per heavy atom. The molecular weight excluding hydrogens is 228 g/mol. The van der Waals surface area contributed by atoms with Gasteiger partial charge >= 0.3 is 71.2 Å². The van der Waals surface area contributed by atoms with Gasteiger partial charge in [0, 0.05) is 0 Å². The van der Waals surface area contributed by atoms with Gasteiger partial charge in [0.05, 0.1) is 11.9 Å². The zero-order chi connectivity index (χ0) is 6.50. The Hall–Kier alpha value is 2.11. The molecule has 0 bridgehead atoms. The van der Waals surface area contributed by atoms with Crippen molar-refractivity contribution < 1.29 is 27.7 Å². The van der Waals surface area contributed by atoms with E-state index in [1.807, 2.05) is 0 Å². The van der Waals surface area contributed by atoms with Crippen molar-refractivity contribution >= 4 is 83.1 Å². The van der Waals surface area contributed by atoms with Crippen LogP contribution in [0.3, 0.4) is 0 Å². The van der Waals surface area contributed by atoms with Crippen molar-refractivity contribution in [1.82, 2.24) is 0 Å². The third-order valence-electron chi connectivity index (χ3n) is 0. The zero-order valence-corrected chi connectivity index (χ0v) is 5.02. The summed E-state index contributed by atoms with van der Waals surface area (Å²) in [6, 6.07) is 0. The molecule has 0 unspecified atom stereocenters. The van der Waals surface area contributed by atoms with Crippen LogP contribution in [0.15, 0.2) is 0 Å². The monoisotopic (exact) mass is 236 g/mol. The van der Waals surface area contributed by atoms with Crippen molar-refractivity contribution in [2.24, 2.45) is 0 Å². The number of hydrogen-bond acceptors (Lipinski definition) is 3. The summed E-state index contributed by atoms with van der Waals surface area (Å²) in [5.41, 5.74) is 0. The van der Waals surface area contributed by atoms with Crippen LogP contribution in [-0.4, -0.2) is 88.4 Å². The molecule has 0 aromatic heterocycles. The van der Waals surface area contributed by atoms with Gasteiger partial charge in [-0.25, -0.2) is 0 Å². The Kier molecular flexibility index (Phi) is 51.0. The van der Waals surface area contributed by atoms with E-state index in [-0.39, 0.29) is 66.3 Å². The molecule has 0 saturated heterocycles. The first-order valence-electron chi connectivity index (χ1n) is 0.868. The van der Waals surface area contributed by atoms with Crippen molar-refractivity contribution in [3.8, 4) is 0 Å². The maximum Gasteiger partial charge on any atom is 0.316 e. The van der Waals surface area contributed by atoms with Gasteiger partial charge in [-0.3, -0.25) is 13.8 Å². The largest absolute Gasteiger partial charge is 0.316 e. The van der Waals surface area contributed by atoms with E-state index >= 15 is 0 Å². The molecule has 0 aromatic carbocycles. The van der Waals surface area contributed by atoms with Crippen LogP contribution in [0.25, 0.3) is 0 Å². The van der Waals surface area contributed by atoms with Crippen LogP contribution in [0.1, 0.15) is 0 Å². The van der Waals surface area contributed by atoms with Crippen LogP contribution in [-0.2, 0) is 10.4 Å². The SMILES string of the molecule is O.O=S(=O)(O)O.OCl.[CaH2].[MgH2]. The van der Waals surface area contributed by atoms with E-state index < -0.39 is 10.4 Å². The third kappa shape index (κ3) is 189. The van der Waals surface area contributed by atoms with E-state index in [1.165, 1.54) is 0 Å². The van der Waals surface area contributed by atoms with Gasteiger partial charge in [0.1, 0.15) is 0 Å². The topological polar surface area (TPSA) is 126 Å². The van der Waals surface area contributed by atoms with Crippen LogP contribution in [0.4, 0.5) is 0 Å². The molecule has 0 heterocycles. The van der Waals surface area contributed by atoms with Gasteiger partial charge in [-0.2, -0.15) is 8.42 Å². The number of rotatable bonds is 0. The van der Waals surface area contributed by atoms with E-state index in [1.54, 1.807) is 0 Å². The third-order valence-corrected chi connectivity index (χ3v) is 0. The van der Waals surface area contributed by atoms with Gasteiger partial charge in [-0.05, 0) is 0 Å². The smallest absolute Gasteiger partial charge is 0.316 e. The Morgan fingerprint density at radius 2 is 1.10 bits per heavy atom. The predicted molar refractivity (Wildman–Crippen MR) is 43.0 cm³/mol. The second kappa shape index (κ2) is 17.3. The van der Waals surface area contributed by atoms with Gasteiger partial charge in [-0.15, -0.1) is 0 Å². The zero-order valence-electron chi connectivity index (χ0n) is 3.44. The average molecular weight is 237 g/mol. The predicted octanol–water partition coefficient (Wildman–Crippen LogP) is -3.18. The normalized spacial score (nSPS) is 6.40. The summed E-state index contributed by atoms with van der Waals surface area (Å²) in [4.78, 5) is 0. The molecule has 0 aliphatic heterocycles. The van der Waals surface area contributed by atoms with Gasteiger partial charge in [0.15, 0.2) is 0 Å². The molecule has 0 amide bonds. The minimum Gasteiger partial charge on any atom is 0.316 e. The minimum atomic E-state index is -4.67. The average Bonchev–Trinajstić information content (AvgIpc) is 1.36. The molecule has 0 saturated carbocycles. The van der Waals surface area contributed by atoms with Crippen molar-refractivity contribution in [2.75, 3.05) is 0 Å². The van der Waals surface area contributed by atoms with Crippen LogP contribution in [0, 0.1) is 0 Å². The summed E-state index contributed by atoms with van der Waals surface area (Å²) < 4.78 is 38.1. The molecule has 62 valence electrons. The van der Waals surface area contributed by atoms with Crippen molar-refractivity contribution in [2.45, 2.75) is 0 Å². The molecule has 0 rings (SSSR count). The second-order valence-corrected chi connectivity index (χ2v) is 1.34. The van der Waals surface area contributed by atoms with Crippen molar-refractivity contribution in [3.05, 3.63) is 0 Å². The summed E-state index contributed by atoms with van der Waals surface area (Å²) in [5, 5.41) is 0. The van der Waals surface area contributed by atoms with Gasteiger partial charge < -0.3 is 5.48 Å². The summed E-state index contributed by atoms with van der Waals surface area (Å²) in [6.45, 7) is 0. The molecule has 5 N–H and O–H groups in total. The Morgan fingerprint density at radius 1 is 1.10 bits per heavy atom. The molecule has 10 heavy (non-hydrogen) atoms. The Balaban J connectivity index is -0.0000000154. The quantitative estimate of drug-likeness (QED) is 0.302. The van der Waals surface area contributed by atoms with Crippen LogP contribution in [0.5, 0.6) is 0 Å².